The summed E-state index contributed by atoms with van der Waals surface area (Å²) >= 11 is 0. The van der Waals surface area contributed by atoms with Crippen LogP contribution in [-0.4, -0.2) is 195 Å². The minimum absolute atomic E-state index is 0.0240. The molecule has 1 saturated heterocycles. The Labute approximate surface area is 600 Å². The zero-order chi connectivity index (χ0) is 79.6. The maximum Gasteiger partial charge on any atom is 0.490 e. The molecule has 1 aliphatic rings. The molecule has 0 aliphatic carbocycles. The van der Waals surface area contributed by atoms with Crippen molar-refractivity contribution in [3.8, 4) is 5.75 Å². The number of carboxylic acids is 2. The Bertz CT molecular complexity index is 3750. The van der Waals surface area contributed by atoms with Gasteiger partial charge in [-0.2, -0.15) is 26.3 Å². The van der Waals surface area contributed by atoms with Gasteiger partial charge in [0.05, 0.1) is 6.42 Å². The summed E-state index contributed by atoms with van der Waals surface area (Å²) in [6, 6.07) is 17.6. The molecule has 0 unspecified atom stereocenters. The number of carboxylic acid groups (broad SMARTS) is 2. The number of primary amides is 3. The number of aliphatic imine (C=N–C) groups is 2. The molecule has 4 aromatic rings. The third-order valence-electron chi connectivity index (χ3n) is 15.1. The molecule has 106 heavy (non-hydrogen) atoms. The van der Waals surface area contributed by atoms with E-state index in [9.17, 15) is 89.0 Å². The standard InChI is InChI=1S/C62H81N17O13.2C2HF3O2/c1-35(80)72-46(33-37-18-22-40(23-19-37)52(84)39-13-6-3-7-14-39)56(88)77-47(32-36-11-4-2-5-12-36)57(89)73-43(26-27-50(63)82)55(87)78-48(34-51(64)83)58(90)75-44(16-9-29-71-62(68)69)60(92)79-30-10-17-49(79)59(91)74-42(15-8-28-70-61(66)67)54(86)76-45(53(65)85)31-38-20-24-41(81)25-21-38;2*3-2(4,5)1(6)7/h2-7,11-14,18-25,42-49,81H,8-10,15-17,26-34H2,1H3,(H2,63,82)(H2,64,83)(H2,65,85)(H,72,80)(H,73,89)(H,74,91)(H,75,90)(H,76,86)(H,77,88)(H,78,87)(H4,66,67,70)(H4,68,69,71);2*(H,6,7)/t42-,43-,44-,45-,46+,47-,48-,49-;;/m0../s1. The number of carbonyl (C=O) groups excluding carboxylic acids is 12. The monoisotopic (exact) mass is 1500 g/mol. The highest BCUT2D eigenvalue weighted by Crippen LogP contribution is 2.22. The number of alkyl halides is 6. The van der Waals surface area contributed by atoms with Crippen LogP contribution in [0.4, 0.5) is 26.3 Å². The minimum Gasteiger partial charge on any atom is -0.508 e. The summed E-state index contributed by atoms with van der Waals surface area (Å²) in [6.07, 6.45) is -12.1. The average molecular weight is 1500 g/mol. The van der Waals surface area contributed by atoms with Crippen LogP contribution in [0.25, 0.3) is 0 Å². The van der Waals surface area contributed by atoms with E-state index in [1.807, 2.05) is 0 Å². The van der Waals surface area contributed by atoms with Gasteiger partial charge in [-0.05, 0) is 73.8 Å². The van der Waals surface area contributed by atoms with E-state index in [0.717, 1.165) is 0 Å². The first-order valence-electron chi connectivity index (χ1n) is 32.1. The van der Waals surface area contributed by atoms with Gasteiger partial charge < -0.3 is 97.6 Å². The number of phenols is 1. The van der Waals surface area contributed by atoms with E-state index in [4.69, 9.17) is 59.9 Å². The van der Waals surface area contributed by atoms with Crippen LogP contribution in [0.15, 0.2) is 119 Å². The second-order valence-electron chi connectivity index (χ2n) is 23.5. The van der Waals surface area contributed by atoms with E-state index in [1.165, 1.54) is 36.1 Å². The number of nitrogens with zero attached hydrogens (tertiary/aromatic N) is 3. The number of nitrogens with one attached hydrogen (secondary N) is 7. The molecule has 5 rings (SSSR count). The Morgan fingerprint density at radius 3 is 1.33 bits per heavy atom. The van der Waals surface area contributed by atoms with Crippen molar-refractivity contribution in [3.63, 3.8) is 0 Å². The van der Waals surface area contributed by atoms with Crippen LogP contribution in [0.2, 0.25) is 0 Å². The number of hydrogen-bond acceptors (Lipinski definition) is 17. The summed E-state index contributed by atoms with van der Waals surface area (Å²) in [5.74, 6) is -16.3. The van der Waals surface area contributed by atoms with Crippen molar-refractivity contribution in [3.05, 3.63) is 137 Å². The number of aliphatic carboxylic acids is 2. The van der Waals surface area contributed by atoms with Gasteiger partial charge in [-0.3, -0.25) is 67.5 Å². The Morgan fingerprint density at radius 1 is 0.481 bits per heavy atom. The van der Waals surface area contributed by atoms with Crippen molar-refractivity contribution in [1.29, 1.82) is 0 Å². The van der Waals surface area contributed by atoms with Gasteiger partial charge >= 0.3 is 24.3 Å². The molecule has 4 aromatic carbocycles. The zero-order valence-corrected chi connectivity index (χ0v) is 56.8. The molecule has 576 valence electrons. The van der Waals surface area contributed by atoms with Crippen molar-refractivity contribution < 1.29 is 109 Å². The maximum atomic E-state index is 14.7. The van der Waals surface area contributed by atoms with Crippen molar-refractivity contribution in [1.82, 2.24) is 42.1 Å². The quantitative estimate of drug-likeness (QED) is 0.00774. The number of amides is 11. The number of guanidine groups is 2. The lowest BCUT2D eigenvalue weighted by molar-refractivity contribution is -0.193. The van der Waals surface area contributed by atoms with Gasteiger partial charge in [0.15, 0.2) is 17.7 Å². The molecule has 40 heteroatoms. The molecule has 0 bridgehead atoms. The molecule has 8 atom stereocenters. The van der Waals surface area contributed by atoms with Gasteiger partial charge in [-0.15, -0.1) is 0 Å². The lowest BCUT2D eigenvalue weighted by atomic mass is 9.98. The highest BCUT2D eigenvalue weighted by Gasteiger charge is 2.42. The SMILES string of the molecule is CC(=O)N[C@H](Cc1ccc(C(=O)c2ccccc2)cc1)C(=O)N[C@@H](Cc1ccccc1)C(=O)N[C@@H](CCC(N)=O)C(=O)N[C@@H](CC(N)=O)C(=O)N[C@@H](CCCN=C(N)N)C(=O)N1CCC[C@H]1C(=O)N[C@@H](CCCN=C(N)N)C(=O)N[C@@H](Cc1ccc(O)cc1)C(N)=O.O=C(O)C(F)(F)F.O=C(O)C(F)(F)F. The normalized spacial score (nSPS) is 14.3. The topological polar surface area (TPSA) is 594 Å². The number of carbonyl (C=O) groups is 14. The summed E-state index contributed by atoms with van der Waals surface area (Å²) in [4.78, 5) is 191. The molecule has 0 aromatic heterocycles. The molecule has 11 amide bonds. The molecule has 1 heterocycles. The van der Waals surface area contributed by atoms with E-state index in [2.05, 4.69) is 47.2 Å². The molecular weight excluding hydrogens is 1420 g/mol. The maximum absolute atomic E-state index is 14.7. The summed E-state index contributed by atoms with van der Waals surface area (Å²) < 4.78 is 63.5. The van der Waals surface area contributed by atoms with Crippen LogP contribution in [-0.2, 0) is 81.6 Å². The lowest BCUT2D eigenvalue weighted by Gasteiger charge is -2.31. The fraction of sp³-hybridized carbons (Fsp3) is 0.394. The number of nitrogens with two attached hydrogens (primary N) is 7. The van der Waals surface area contributed by atoms with Crippen LogP contribution in [0.1, 0.15) is 97.3 Å². The summed E-state index contributed by atoms with van der Waals surface area (Å²) in [5.41, 5.74) is 41.4. The minimum atomic E-state index is -5.08. The number of likely N-dealkylation sites (tertiary alicyclic amines) is 1. The molecule has 34 nitrogen and oxygen atoms in total. The zero-order valence-electron chi connectivity index (χ0n) is 56.8. The third-order valence-corrected chi connectivity index (χ3v) is 15.1. The largest absolute Gasteiger partial charge is 0.508 e. The molecule has 1 aliphatic heterocycles. The average Bonchev–Trinajstić information content (AvgIpc) is 1.66. The van der Waals surface area contributed by atoms with Gasteiger partial charge in [-0.1, -0.05) is 97.1 Å². The van der Waals surface area contributed by atoms with Crippen molar-refractivity contribution in [2.45, 2.75) is 145 Å². The Morgan fingerprint density at radius 2 is 0.868 bits per heavy atom. The van der Waals surface area contributed by atoms with E-state index >= 15 is 0 Å². The molecule has 0 spiro atoms. The number of hydrogen-bond donors (Lipinski definition) is 17. The fourth-order valence-electron chi connectivity index (χ4n) is 10.0. The van der Waals surface area contributed by atoms with Gasteiger partial charge in [0.25, 0.3) is 0 Å². The third kappa shape index (κ3) is 32.3. The summed E-state index contributed by atoms with van der Waals surface area (Å²) in [6.45, 7) is 1.17. The lowest BCUT2D eigenvalue weighted by Crippen LogP contribution is -2.60. The predicted molar refractivity (Wildman–Crippen MR) is 365 cm³/mol. The van der Waals surface area contributed by atoms with Crippen LogP contribution in [0.3, 0.4) is 0 Å². The smallest absolute Gasteiger partial charge is 0.490 e. The first kappa shape index (κ1) is 87.8. The number of benzene rings is 4. The fourth-order valence-corrected chi connectivity index (χ4v) is 10.0. The van der Waals surface area contributed by atoms with Crippen LogP contribution in [0, 0.1) is 0 Å². The van der Waals surface area contributed by atoms with Gasteiger partial charge in [-0.25, -0.2) is 9.59 Å². The van der Waals surface area contributed by atoms with E-state index in [0.29, 0.717) is 27.8 Å². The first-order chi connectivity index (χ1) is 49.7. The number of halogens is 6. The molecule has 1 fully saturated rings. The Hall–Kier alpha value is -12.4. The van der Waals surface area contributed by atoms with Gasteiger partial charge in [0, 0.05) is 63.4 Å². The number of rotatable bonds is 36. The number of ketones is 1. The molecule has 0 saturated carbocycles. The second kappa shape index (κ2) is 42.9. The Kier molecular flexibility index (Phi) is 35.5. The molecule has 0 radical (unpaired) electrons. The number of phenolic OH excluding ortho intramolecular Hbond substituents is 1. The van der Waals surface area contributed by atoms with Gasteiger partial charge in [0.2, 0.25) is 65.0 Å². The summed E-state index contributed by atoms with van der Waals surface area (Å²) in [7, 11) is 0. The van der Waals surface area contributed by atoms with Gasteiger partial charge in [0.1, 0.15) is 54.1 Å². The second-order valence-corrected chi connectivity index (χ2v) is 23.5. The number of aromatic hydroxyl groups is 1. The van der Waals surface area contributed by atoms with E-state index < -0.39 is 157 Å². The van der Waals surface area contributed by atoms with Crippen LogP contribution in [0.5, 0.6) is 5.75 Å². The molecule has 24 N–H and O–H groups in total. The van der Waals surface area contributed by atoms with E-state index in [1.54, 1.807) is 84.9 Å². The van der Waals surface area contributed by atoms with Crippen molar-refractivity contribution in [2.24, 2.45) is 50.1 Å². The first-order valence-corrected chi connectivity index (χ1v) is 32.1. The van der Waals surface area contributed by atoms with Crippen molar-refractivity contribution in [2.75, 3.05) is 19.6 Å². The molecular formula is C66H83F6N17O17. The predicted octanol–water partition coefficient (Wildman–Crippen LogP) is -1.94. The Balaban J connectivity index is 0.00000188. The van der Waals surface area contributed by atoms with Crippen LogP contribution >= 0.6 is 0 Å². The van der Waals surface area contributed by atoms with E-state index in [-0.39, 0.29) is 101 Å². The van der Waals surface area contributed by atoms with Crippen LogP contribution < -0.4 is 77.4 Å². The van der Waals surface area contributed by atoms with Crippen molar-refractivity contribution >= 4 is 94.6 Å². The summed E-state index contributed by atoms with van der Waals surface area (Å²) in [5, 5.41) is 42.0. The highest BCUT2D eigenvalue weighted by molar-refractivity contribution is 6.09. The highest BCUT2D eigenvalue weighted by atomic mass is 19.4.